The molecule has 0 aliphatic rings. The van der Waals surface area contributed by atoms with Gasteiger partial charge in [0.1, 0.15) is 6.10 Å². The first-order valence-electron chi connectivity index (χ1n) is 1.93. The Morgan fingerprint density at radius 3 is 2.71 bits per heavy atom. The molecule has 0 saturated heterocycles. The average Bonchev–Trinajstić information content (AvgIpc) is 1.68. The van der Waals surface area contributed by atoms with Gasteiger partial charge in [-0.15, -0.1) is 0 Å². The molecule has 0 saturated carbocycles. The summed E-state index contributed by atoms with van der Waals surface area (Å²) < 4.78 is 4.41. The van der Waals surface area contributed by atoms with Crippen LogP contribution >= 0.6 is 0 Å². The first-order chi connectivity index (χ1) is 3.31. The second-order valence-corrected chi connectivity index (χ2v) is 1.16. The third kappa shape index (κ3) is 3.42. The molecule has 0 amide bonds. The molecule has 0 aliphatic heterocycles. The maximum Gasteiger partial charge on any atom is 0.150 e. The van der Waals surface area contributed by atoms with Gasteiger partial charge in [0.2, 0.25) is 0 Å². The maximum atomic E-state index is 9.56. The van der Waals surface area contributed by atoms with Gasteiger partial charge in [0.15, 0.2) is 6.29 Å². The third-order valence-electron chi connectivity index (χ3n) is 0.495. The minimum atomic E-state index is -0.954. The monoisotopic (exact) mass is 104 g/mol. The van der Waals surface area contributed by atoms with Crippen LogP contribution < -0.4 is 0 Å². The number of hydrogen-bond acceptors (Lipinski definition) is 3. The summed E-state index contributed by atoms with van der Waals surface area (Å²) in [6.07, 6.45) is -0.520. The van der Waals surface area contributed by atoms with E-state index in [0.29, 0.717) is 6.29 Å². The van der Waals surface area contributed by atoms with Gasteiger partial charge in [-0.1, -0.05) is 0 Å². The van der Waals surface area contributed by atoms with Crippen LogP contribution in [0.2, 0.25) is 0 Å². The number of methoxy groups -OCH3 is 1. The number of carbonyl (C=O) groups excluding carboxylic acids is 1. The summed E-state index contributed by atoms with van der Waals surface area (Å²) >= 11 is 0. The highest BCUT2D eigenvalue weighted by atomic mass is 16.5. The number of aldehydes is 1. The van der Waals surface area contributed by atoms with E-state index < -0.39 is 6.10 Å². The molecule has 7 heavy (non-hydrogen) atoms. The molecule has 0 heterocycles. The molecule has 0 bridgehead atoms. The van der Waals surface area contributed by atoms with Crippen LogP contribution in [0.4, 0.5) is 0 Å². The second kappa shape index (κ2) is 3.77. The lowest BCUT2D eigenvalue weighted by molar-refractivity contribution is -0.117. The van der Waals surface area contributed by atoms with Crippen LogP contribution in [0, 0.1) is 0 Å². The number of rotatable bonds is 3. The molecular formula is C4H8O3. The van der Waals surface area contributed by atoms with Gasteiger partial charge in [0.25, 0.3) is 0 Å². The van der Waals surface area contributed by atoms with E-state index in [9.17, 15) is 4.79 Å². The zero-order valence-corrected chi connectivity index (χ0v) is 4.13. The van der Waals surface area contributed by atoms with Gasteiger partial charge in [-0.25, -0.2) is 0 Å². The van der Waals surface area contributed by atoms with Crippen molar-refractivity contribution < 1.29 is 14.6 Å². The number of carbonyl (C=O) groups is 1. The predicted molar refractivity (Wildman–Crippen MR) is 23.9 cm³/mol. The summed E-state index contributed by atoms with van der Waals surface area (Å²) in [7, 11) is 1.42. The Morgan fingerprint density at radius 2 is 2.57 bits per heavy atom. The van der Waals surface area contributed by atoms with Gasteiger partial charge >= 0.3 is 0 Å². The van der Waals surface area contributed by atoms with E-state index in [-0.39, 0.29) is 6.61 Å². The van der Waals surface area contributed by atoms with Crippen molar-refractivity contribution in [3.63, 3.8) is 0 Å². The van der Waals surface area contributed by atoms with Gasteiger partial charge in [-0.2, -0.15) is 0 Å². The minimum absolute atomic E-state index is 0.0868. The van der Waals surface area contributed by atoms with Gasteiger partial charge in [0, 0.05) is 7.11 Å². The molecule has 3 nitrogen and oxygen atoms in total. The first kappa shape index (κ1) is 6.59. The SMILES string of the molecule is COCC(O)C=O. The third-order valence-corrected chi connectivity index (χ3v) is 0.495. The van der Waals surface area contributed by atoms with E-state index in [1.54, 1.807) is 0 Å². The Labute approximate surface area is 41.9 Å². The van der Waals surface area contributed by atoms with Crippen molar-refractivity contribution in [3.05, 3.63) is 0 Å². The van der Waals surface area contributed by atoms with Crippen molar-refractivity contribution in [2.45, 2.75) is 6.10 Å². The smallest absolute Gasteiger partial charge is 0.150 e. The minimum Gasteiger partial charge on any atom is -0.383 e. The van der Waals surface area contributed by atoms with E-state index in [1.165, 1.54) is 7.11 Å². The lowest BCUT2D eigenvalue weighted by Crippen LogP contribution is -2.14. The van der Waals surface area contributed by atoms with Crippen LogP contribution in [-0.2, 0) is 9.53 Å². The Balaban J connectivity index is 2.98. The van der Waals surface area contributed by atoms with E-state index in [1.807, 2.05) is 0 Å². The van der Waals surface area contributed by atoms with Crippen LogP contribution in [0.5, 0.6) is 0 Å². The van der Waals surface area contributed by atoms with Crippen LogP contribution in [0.3, 0.4) is 0 Å². The normalized spacial score (nSPS) is 13.4. The van der Waals surface area contributed by atoms with Gasteiger partial charge in [-0.05, 0) is 0 Å². The summed E-state index contributed by atoms with van der Waals surface area (Å²) in [4.78, 5) is 9.56. The summed E-state index contributed by atoms with van der Waals surface area (Å²) in [5, 5.41) is 8.36. The number of aliphatic hydroxyl groups is 1. The van der Waals surface area contributed by atoms with Crippen LogP contribution in [-0.4, -0.2) is 31.2 Å². The Morgan fingerprint density at radius 1 is 2.00 bits per heavy atom. The highest BCUT2D eigenvalue weighted by molar-refractivity contribution is 5.55. The maximum absolute atomic E-state index is 9.56. The summed E-state index contributed by atoms with van der Waals surface area (Å²) in [5.74, 6) is 0. The van der Waals surface area contributed by atoms with Crippen molar-refractivity contribution in [2.75, 3.05) is 13.7 Å². The van der Waals surface area contributed by atoms with E-state index >= 15 is 0 Å². The molecule has 0 radical (unpaired) electrons. The van der Waals surface area contributed by atoms with Crippen molar-refractivity contribution in [1.29, 1.82) is 0 Å². The Hall–Kier alpha value is -0.410. The molecule has 0 rings (SSSR count). The van der Waals surface area contributed by atoms with Gasteiger partial charge in [-0.3, -0.25) is 0 Å². The fourth-order valence-electron chi connectivity index (χ4n) is 0.210. The molecule has 0 aromatic rings. The fourth-order valence-corrected chi connectivity index (χ4v) is 0.210. The molecule has 0 aromatic carbocycles. The molecule has 0 spiro atoms. The number of aliphatic hydroxyl groups excluding tert-OH is 1. The topological polar surface area (TPSA) is 46.5 Å². The predicted octanol–water partition coefficient (Wildman–Crippen LogP) is -0.807. The molecule has 1 N–H and O–H groups in total. The largest absolute Gasteiger partial charge is 0.383 e. The standard InChI is InChI=1S/C4H8O3/c1-7-3-4(6)2-5/h2,4,6H,3H2,1H3. The van der Waals surface area contributed by atoms with Crippen LogP contribution in [0.25, 0.3) is 0 Å². The van der Waals surface area contributed by atoms with Crippen molar-refractivity contribution in [1.82, 2.24) is 0 Å². The summed E-state index contributed by atoms with van der Waals surface area (Å²) in [6, 6.07) is 0. The summed E-state index contributed by atoms with van der Waals surface area (Å²) in [6.45, 7) is 0.0868. The van der Waals surface area contributed by atoms with Gasteiger partial charge < -0.3 is 14.6 Å². The van der Waals surface area contributed by atoms with Crippen molar-refractivity contribution in [2.24, 2.45) is 0 Å². The first-order valence-corrected chi connectivity index (χ1v) is 1.93. The van der Waals surface area contributed by atoms with Crippen LogP contribution in [0.1, 0.15) is 0 Å². The molecule has 0 fully saturated rings. The molecule has 1 unspecified atom stereocenters. The quantitative estimate of drug-likeness (QED) is 0.476. The van der Waals surface area contributed by atoms with E-state index in [0.717, 1.165) is 0 Å². The zero-order chi connectivity index (χ0) is 5.70. The molecule has 1 atom stereocenters. The average molecular weight is 104 g/mol. The Bertz CT molecular complexity index is 52.9. The molecule has 3 heteroatoms. The highest BCUT2D eigenvalue weighted by Gasteiger charge is 1.95. The summed E-state index contributed by atoms with van der Waals surface area (Å²) in [5.41, 5.74) is 0. The molecule has 0 aliphatic carbocycles. The Kier molecular flexibility index (Phi) is 3.55. The second-order valence-electron chi connectivity index (χ2n) is 1.16. The molecule has 42 valence electrons. The van der Waals surface area contributed by atoms with E-state index in [2.05, 4.69) is 4.74 Å². The lowest BCUT2D eigenvalue weighted by Gasteiger charge is -1.96. The van der Waals surface area contributed by atoms with Crippen LogP contribution in [0.15, 0.2) is 0 Å². The van der Waals surface area contributed by atoms with Crippen molar-refractivity contribution >= 4 is 6.29 Å². The number of hydrogen-bond donors (Lipinski definition) is 1. The van der Waals surface area contributed by atoms with Gasteiger partial charge in [0.05, 0.1) is 6.61 Å². The number of ether oxygens (including phenoxy) is 1. The van der Waals surface area contributed by atoms with Crippen molar-refractivity contribution in [3.8, 4) is 0 Å². The highest BCUT2D eigenvalue weighted by Crippen LogP contribution is 1.73. The fraction of sp³-hybridized carbons (Fsp3) is 0.750. The lowest BCUT2D eigenvalue weighted by atomic mass is 10.4. The zero-order valence-electron chi connectivity index (χ0n) is 4.13. The van der Waals surface area contributed by atoms with E-state index in [4.69, 9.17) is 5.11 Å². The molecule has 0 aromatic heterocycles. The molecular weight excluding hydrogens is 96.0 g/mol.